The first-order chi connectivity index (χ1) is 11.6. The summed E-state index contributed by atoms with van der Waals surface area (Å²) < 4.78 is 10.9. The maximum atomic E-state index is 12.7. The van der Waals surface area contributed by atoms with E-state index in [0.717, 1.165) is 25.7 Å². The van der Waals surface area contributed by atoms with Gasteiger partial charge in [0.1, 0.15) is 0 Å². The first kappa shape index (κ1) is 14.8. The van der Waals surface area contributed by atoms with Crippen molar-refractivity contribution < 1.29 is 23.9 Å². The standard InChI is InChI=1S/C17H22N2O5/c20-15(9-1-3-11-13(7-9)23-11)18-5-6-19(17(18)22)16(21)10-2-4-12-14(8-10)24-12/h9-14H,1-8H2/t9-,10-,11-,12-,13-,14-/m1/s1. The van der Waals surface area contributed by atoms with E-state index >= 15 is 0 Å². The van der Waals surface area contributed by atoms with Crippen molar-refractivity contribution in [3.8, 4) is 0 Å². The van der Waals surface area contributed by atoms with Gasteiger partial charge in [0.05, 0.1) is 24.4 Å². The van der Waals surface area contributed by atoms with E-state index in [0.29, 0.717) is 38.1 Å². The molecule has 5 fully saturated rings. The number of carbonyl (C=O) groups is 3. The van der Waals surface area contributed by atoms with Crippen LogP contribution in [0.2, 0.25) is 0 Å². The zero-order valence-corrected chi connectivity index (χ0v) is 13.6. The molecular formula is C17H22N2O5. The third-order valence-corrected chi connectivity index (χ3v) is 6.25. The zero-order chi connectivity index (χ0) is 16.4. The van der Waals surface area contributed by atoms with Crippen LogP contribution in [0.25, 0.3) is 0 Å². The molecule has 0 bridgehead atoms. The van der Waals surface area contributed by atoms with Crippen LogP contribution in [-0.4, -0.2) is 65.2 Å². The summed E-state index contributed by atoms with van der Waals surface area (Å²) in [5.41, 5.74) is 0. The second-order valence-corrected chi connectivity index (χ2v) is 7.71. The molecular weight excluding hydrogens is 312 g/mol. The molecule has 3 aliphatic heterocycles. The van der Waals surface area contributed by atoms with Crippen LogP contribution in [0, 0.1) is 11.8 Å². The number of epoxide rings is 2. The van der Waals surface area contributed by atoms with Gasteiger partial charge < -0.3 is 9.47 Å². The lowest BCUT2D eigenvalue weighted by Gasteiger charge is -2.25. The van der Waals surface area contributed by atoms with Crippen LogP contribution in [0.3, 0.4) is 0 Å². The van der Waals surface area contributed by atoms with E-state index in [-0.39, 0.29) is 35.9 Å². The zero-order valence-electron chi connectivity index (χ0n) is 13.6. The van der Waals surface area contributed by atoms with Crippen molar-refractivity contribution in [3.05, 3.63) is 0 Å². The SMILES string of the molecule is O=C([C@@H]1CC[C@H]2O[C@@H]2C1)N1CCN(C(=O)[C@@H]2CC[C@H]3O[C@@H]3C2)C1=O. The second-order valence-electron chi connectivity index (χ2n) is 7.71. The van der Waals surface area contributed by atoms with E-state index in [9.17, 15) is 14.4 Å². The minimum Gasteiger partial charge on any atom is -0.370 e. The van der Waals surface area contributed by atoms with Crippen LogP contribution in [-0.2, 0) is 19.1 Å². The fourth-order valence-electron chi connectivity index (χ4n) is 4.64. The number of fused-ring (bicyclic) bond motifs is 2. The van der Waals surface area contributed by atoms with Gasteiger partial charge in [0.2, 0.25) is 11.8 Å². The Kier molecular flexibility index (Phi) is 3.25. The van der Waals surface area contributed by atoms with Gasteiger partial charge in [-0.2, -0.15) is 0 Å². The highest BCUT2D eigenvalue weighted by Gasteiger charge is 2.50. The Balaban J connectivity index is 1.22. The fourth-order valence-corrected chi connectivity index (χ4v) is 4.64. The fraction of sp³-hybridized carbons (Fsp3) is 0.824. The van der Waals surface area contributed by atoms with Crippen molar-refractivity contribution in [3.63, 3.8) is 0 Å². The largest absolute Gasteiger partial charge is 0.370 e. The molecule has 0 aromatic carbocycles. The van der Waals surface area contributed by atoms with Gasteiger partial charge in [0.25, 0.3) is 0 Å². The summed E-state index contributed by atoms with van der Waals surface area (Å²) in [5, 5.41) is 0. The Bertz CT molecular complexity index is 558. The Morgan fingerprint density at radius 1 is 0.750 bits per heavy atom. The average molecular weight is 334 g/mol. The minimum absolute atomic E-state index is 0.126. The van der Waals surface area contributed by atoms with Crippen molar-refractivity contribution in [2.24, 2.45) is 11.8 Å². The molecule has 5 rings (SSSR count). The van der Waals surface area contributed by atoms with Crippen LogP contribution in [0.5, 0.6) is 0 Å². The average Bonchev–Trinajstić information content (AvgIpc) is 3.49. The molecule has 4 amide bonds. The number of nitrogens with zero attached hydrogens (tertiary/aromatic N) is 2. The molecule has 0 aromatic heterocycles. The lowest BCUT2D eigenvalue weighted by Crippen LogP contribution is -2.44. The Labute approximate surface area is 140 Å². The van der Waals surface area contributed by atoms with Gasteiger partial charge in [-0.05, 0) is 38.5 Å². The number of ether oxygens (including phenoxy) is 2. The molecule has 3 heterocycles. The number of carbonyl (C=O) groups excluding carboxylic acids is 3. The highest BCUT2D eigenvalue weighted by atomic mass is 16.6. The van der Waals surface area contributed by atoms with E-state index in [1.807, 2.05) is 0 Å². The second kappa shape index (κ2) is 5.26. The Morgan fingerprint density at radius 2 is 1.21 bits per heavy atom. The van der Waals surface area contributed by atoms with E-state index < -0.39 is 6.03 Å². The highest BCUT2D eigenvalue weighted by Crippen LogP contribution is 2.41. The third-order valence-electron chi connectivity index (χ3n) is 6.25. The van der Waals surface area contributed by atoms with Crippen LogP contribution in [0.1, 0.15) is 38.5 Å². The van der Waals surface area contributed by atoms with Crippen molar-refractivity contribution >= 4 is 17.8 Å². The summed E-state index contributed by atoms with van der Waals surface area (Å²) in [6.07, 6.45) is 5.86. The van der Waals surface area contributed by atoms with Gasteiger partial charge in [0.15, 0.2) is 0 Å². The van der Waals surface area contributed by atoms with Gasteiger partial charge in [-0.1, -0.05) is 0 Å². The molecule has 6 atom stereocenters. The molecule has 5 aliphatic rings. The number of hydrogen-bond donors (Lipinski definition) is 0. The number of rotatable bonds is 2. The molecule has 2 aliphatic carbocycles. The quantitative estimate of drug-likeness (QED) is 0.701. The van der Waals surface area contributed by atoms with E-state index in [4.69, 9.17) is 9.47 Å². The molecule has 3 saturated heterocycles. The molecule has 0 radical (unpaired) electrons. The number of urea groups is 1. The molecule has 24 heavy (non-hydrogen) atoms. The van der Waals surface area contributed by atoms with E-state index in [2.05, 4.69) is 0 Å². The van der Waals surface area contributed by atoms with Gasteiger partial charge in [-0.3, -0.25) is 19.4 Å². The Morgan fingerprint density at radius 3 is 1.62 bits per heavy atom. The predicted molar refractivity (Wildman–Crippen MR) is 80.8 cm³/mol. The Hall–Kier alpha value is -1.47. The summed E-state index contributed by atoms with van der Waals surface area (Å²) in [6, 6.07) is -0.428. The van der Waals surface area contributed by atoms with Gasteiger partial charge in [-0.25, -0.2) is 4.79 Å². The van der Waals surface area contributed by atoms with Crippen molar-refractivity contribution in [1.29, 1.82) is 0 Å². The van der Waals surface area contributed by atoms with E-state index in [1.54, 1.807) is 0 Å². The predicted octanol–water partition coefficient (Wildman–Crippen LogP) is 0.912. The van der Waals surface area contributed by atoms with Crippen LogP contribution >= 0.6 is 0 Å². The highest BCUT2D eigenvalue weighted by molar-refractivity contribution is 6.04. The van der Waals surface area contributed by atoms with Crippen LogP contribution < -0.4 is 0 Å². The summed E-state index contributed by atoms with van der Waals surface area (Å²) >= 11 is 0. The lowest BCUT2D eigenvalue weighted by atomic mass is 9.88. The minimum atomic E-state index is -0.428. The number of amides is 4. The molecule has 0 spiro atoms. The van der Waals surface area contributed by atoms with Gasteiger partial charge in [0, 0.05) is 24.9 Å². The smallest absolute Gasteiger partial charge is 0.333 e. The van der Waals surface area contributed by atoms with Gasteiger partial charge in [-0.15, -0.1) is 0 Å². The topological polar surface area (TPSA) is 82.8 Å². The maximum absolute atomic E-state index is 12.7. The third kappa shape index (κ3) is 2.37. The molecule has 0 unspecified atom stereocenters. The van der Waals surface area contributed by atoms with Crippen LogP contribution in [0.4, 0.5) is 4.79 Å². The first-order valence-corrected chi connectivity index (χ1v) is 9.09. The van der Waals surface area contributed by atoms with Crippen LogP contribution in [0.15, 0.2) is 0 Å². The van der Waals surface area contributed by atoms with Gasteiger partial charge >= 0.3 is 6.03 Å². The number of imide groups is 2. The summed E-state index contributed by atoms with van der Waals surface area (Å²) in [7, 11) is 0. The molecule has 7 heteroatoms. The molecule has 130 valence electrons. The van der Waals surface area contributed by atoms with Crippen molar-refractivity contribution in [2.45, 2.75) is 62.9 Å². The lowest BCUT2D eigenvalue weighted by molar-refractivity contribution is -0.133. The normalized spacial score (nSPS) is 43.2. The van der Waals surface area contributed by atoms with Crippen molar-refractivity contribution in [1.82, 2.24) is 9.80 Å². The molecule has 0 aromatic rings. The maximum Gasteiger partial charge on any atom is 0.333 e. The number of hydrogen-bond acceptors (Lipinski definition) is 5. The summed E-state index contributed by atoms with van der Waals surface area (Å²) in [5.74, 6) is -0.525. The first-order valence-electron chi connectivity index (χ1n) is 9.09. The summed E-state index contributed by atoms with van der Waals surface area (Å²) in [6.45, 7) is 0.647. The van der Waals surface area contributed by atoms with Crippen molar-refractivity contribution in [2.75, 3.05) is 13.1 Å². The monoisotopic (exact) mass is 334 g/mol. The molecule has 7 nitrogen and oxygen atoms in total. The molecule has 0 N–H and O–H groups in total. The molecule has 2 saturated carbocycles. The summed E-state index contributed by atoms with van der Waals surface area (Å²) in [4.78, 5) is 40.5. The van der Waals surface area contributed by atoms with E-state index in [1.165, 1.54) is 9.80 Å².